The van der Waals surface area contributed by atoms with E-state index in [1.807, 2.05) is 19.2 Å². The fraction of sp³-hybridized carbons (Fsp3) is 0.526. The van der Waals surface area contributed by atoms with Crippen molar-refractivity contribution in [2.45, 2.75) is 38.2 Å². The molecule has 0 spiro atoms. The number of urea groups is 1. The first-order valence-corrected chi connectivity index (χ1v) is 10.8. The third kappa shape index (κ3) is 5.77. The number of carbonyl (C=O) groups excluding carboxylic acids is 3. The molecule has 1 aromatic carbocycles. The molecule has 0 radical (unpaired) electrons. The Kier molecular flexibility index (Phi) is 7.37. The first kappa shape index (κ1) is 22.8. The molecule has 10 heteroatoms. The molecule has 0 aromatic heterocycles. The molecule has 2 N–H and O–H groups in total. The molecule has 3 atom stereocenters. The Morgan fingerprint density at radius 1 is 1.10 bits per heavy atom. The molecule has 29 heavy (non-hydrogen) atoms. The quantitative estimate of drug-likeness (QED) is 0.687. The van der Waals surface area contributed by atoms with Crippen molar-refractivity contribution in [1.29, 1.82) is 0 Å². The highest BCUT2D eigenvalue weighted by Gasteiger charge is 2.31. The lowest BCUT2D eigenvalue weighted by atomic mass is 9.94. The van der Waals surface area contributed by atoms with E-state index in [1.54, 1.807) is 0 Å². The van der Waals surface area contributed by atoms with Crippen molar-refractivity contribution in [3.05, 3.63) is 29.8 Å². The summed E-state index contributed by atoms with van der Waals surface area (Å²) in [4.78, 5) is 35.2. The van der Waals surface area contributed by atoms with Gasteiger partial charge in [-0.05, 0) is 49.4 Å². The van der Waals surface area contributed by atoms with Gasteiger partial charge in [0.05, 0.1) is 10.5 Å². The van der Waals surface area contributed by atoms with Gasteiger partial charge in [-0.2, -0.15) is 4.31 Å². The zero-order chi connectivity index (χ0) is 21.8. The van der Waals surface area contributed by atoms with Crippen molar-refractivity contribution < 1.29 is 27.5 Å². The molecule has 0 saturated carbocycles. The molecule has 9 nitrogen and oxygen atoms in total. The standard InChI is InChI=1S/C19H27N3O6S/c1-12-9-13(2)11-22(10-12)29(26,27)16-7-5-15(6-8-16)18(24)28-14(3)17(23)21-19(25)20-4/h5-8,12-14H,9-11H2,1-4H3,(H2,20,21,23,25). The number of hydrogen-bond donors (Lipinski definition) is 2. The molecule has 0 aliphatic carbocycles. The lowest BCUT2D eigenvalue weighted by molar-refractivity contribution is -0.127. The van der Waals surface area contributed by atoms with E-state index in [4.69, 9.17) is 4.74 Å². The number of sulfonamides is 1. The number of nitrogens with one attached hydrogen (secondary N) is 2. The highest BCUT2D eigenvalue weighted by atomic mass is 32.2. The molecule has 1 saturated heterocycles. The summed E-state index contributed by atoms with van der Waals surface area (Å²) >= 11 is 0. The highest BCUT2D eigenvalue weighted by Crippen LogP contribution is 2.26. The number of amides is 3. The molecule has 160 valence electrons. The van der Waals surface area contributed by atoms with E-state index in [1.165, 1.54) is 42.5 Å². The Bertz CT molecular complexity index is 858. The summed E-state index contributed by atoms with van der Waals surface area (Å²) in [5.41, 5.74) is 0.101. The van der Waals surface area contributed by atoms with Crippen molar-refractivity contribution >= 4 is 27.9 Å². The van der Waals surface area contributed by atoms with Crippen molar-refractivity contribution in [3.63, 3.8) is 0 Å². The van der Waals surface area contributed by atoms with Gasteiger partial charge in [-0.1, -0.05) is 13.8 Å². The maximum absolute atomic E-state index is 12.9. The molecular formula is C19H27N3O6S. The van der Waals surface area contributed by atoms with Gasteiger partial charge >= 0.3 is 12.0 Å². The van der Waals surface area contributed by atoms with Crippen LogP contribution in [0.5, 0.6) is 0 Å². The average Bonchev–Trinajstić information content (AvgIpc) is 2.67. The Labute approximate surface area is 170 Å². The van der Waals surface area contributed by atoms with E-state index in [0.29, 0.717) is 13.1 Å². The lowest BCUT2D eigenvalue weighted by Gasteiger charge is -2.34. The summed E-state index contributed by atoms with van der Waals surface area (Å²) in [6.07, 6.45) is -0.206. The Morgan fingerprint density at radius 3 is 2.17 bits per heavy atom. The summed E-state index contributed by atoms with van der Waals surface area (Å²) in [6.45, 7) is 6.31. The minimum Gasteiger partial charge on any atom is -0.449 e. The van der Waals surface area contributed by atoms with Gasteiger partial charge < -0.3 is 10.1 Å². The van der Waals surface area contributed by atoms with Gasteiger partial charge in [0.15, 0.2) is 6.10 Å². The van der Waals surface area contributed by atoms with Gasteiger partial charge in [-0.15, -0.1) is 0 Å². The molecule has 0 bridgehead atoms. The Morgan fingerprint density at radius 2 is 1.66 bits per heavy atom. The third-order valence-electron chi connectivity index (χ3n) is 4.68. The van der Waals surface area contributed by atoms with Crippen LogP contribution in [0.3, 0.4) is 0 Å². The van der Waals surface area contributed by atoms with Crippen molar-refractivity contribution in [3.8, 4) is 0 Å². The number of benzene rings is 1. The molecule has 1 aliphatic rings. The van der Waals surface area contributed by atoms with Crippen LogP contribution in [0.1, 0.15) is 37.6 Å². The fourth-order valence-corrected chi connectivity index (χ4v) is 4.95. The smallest absolute Gasteiger partial charge is 0.338 e. The molecular weight excluding hydrogens is 398 g/mol. The van der Waals surface area contributed by atoms with Crippen molar-refractivity contribution in [1.82, 2.24) is 14.9 Å². The first-order chi connectivity index (χ1) is 13.5. The summed E-state index contributed by atoms with van der Waals surface area (Å²) in [5, 5.41) is 4.22. The van der Waals surface area contributed by atoms with Gasteiger partial charge in [0.1, 0.15) is 0 Å². The second kappa shape index (κ2) is 9.36. The fourth-order valence-electron chi connectivity index (χ4n) is 3.27. The summed E-state index contributed by atoms with van der Waals surface area (Å²) < 4.78 is 32.3. The number of hydrogen-bond acceptors (Lipinski definition) is 6. The summed E-state index contributed by atoms with van der Waals surface area (Å²) in [7, 11) is -2.30. The number of ether oxygens (including phenoxy) is 1. The maximum Gasteiger partial charge on any atom is 0.338 e. The molecule has 1 aromatic rings. The van der Waals surface area contributed by atoms with Crippen LogP contribution in [0.4, 0.5) is 4.79 Å². The molecule has 3 unspecified atom stereocenters. The van der Waals surface area contributed by atoms with Crippen LogP contribution >= 0.6 is 0 Å². The lowest BCUT2D eigenvalue weighted by Crippen LogP contribution is -2.43. The van der Waals surface area contributed by atoms with E-state index in [0.717, 1.165) is 6.42 Å². The van der Waals surface area contributed by atoms with E-state index >= 15 is 0 Å². The Hall–Kier alpha value is -2.46. The molecule has 1 fully saturated rings. The number of carbonyl (C=O) groups is 3. The van der Waals surface area contributed by atoms with Crippen LogP contribution in [0, 0.1) is 11.8 Å². The number of nitrogens with zero attached hydrogens (tertiary/aromatic N) is 1. The first-order valence-electron chi connectivity index (χ1n) is 9.38. The minimum atomic E-state index is -3.65. The van der Waals surface area contributed by atoms with Gasteiger partial charge in [0.25, 0.3) is 5.91 Å². The van der Waals surface area contributed by atoms with E-state index in [9.17, 15) is 22.8 Å². The molecule has 1 aliphatic heterocycles. The number of rotatable bonds is 5. The molecule has 3 amide bonds. The molecule has 1 heterocycles. The largest absolute Gasteiger partial charge is 0.449 e. The highest BCUT2D eigenvalue weighted by molar-refractivity contribution is 7.89. The SMILES string of the molecule is CNC(=O)NC(=O)C(C)OC(=O)c1ccc(S(=O)(=O)N2CC(C)CC(C)C2)cc1. The predicted molar refractivity (Wildman–Crippen MR) is 106 cm³/mol. The second-order valence-corrected chi connectivity index (χ2v) is 9.35. The van der Waals surface area contributed by atoms with Crippen molar-refractivity contribution in [2.24, 2.45) is 11.8 Å². The maximum atomic E-state index is 12.9. The van der Waals surface area contributed by atoms with Gasteiger partial charge in [-0.25, -0.2) is 18.0 Å². The number of piperidine rings is 1. The van der Waals surface area contributed by atoms with Crippen LogP contribution in [-0.2, 0) is 19.6 Å². The van der Waals surface area contributed by atoms with Crippen LogP contribution in [-0.4, -0.2) is 56.9 Å². The third-order valence-corrected chi connectivity index (χ3v) is 6.53. The van der Waals surface area contributed by atoms with E-state index in [-0.39, 0.29) is 22.3 Å². The van der Waals surface area contributed by atoms with Crippen LogP contribution in [0.15, 0.2) is 29.2 Å². The summed E-state index contributed by atoms with van der Waals surface area (Å²) in [5.74, 6) is -1.01. The normalized spacial score (nSPS) is 21.1. The zero-order valence-corrected chi connectivity index (χ0v) is 17.8. The monoisotopic (exact) mass is 425 g/mol. The predicted octanol–water partition coefficient (Wildman–Crippen LogP) is 1.35. The molecule has 2 rings (SSSR count). The topological polar surface area (TPSA) is 122 Å². The van der Waals surface area contributed by atoms with Crippen LogP contribution in [0.2, 0.25) is 0 Å². The minimum absolute atomic E-state index is 0.0979. The van der Waals surface area contributed by atoms with Crippen LogP contribution in [0.25, 0.3) is 0 Å². The van der Waals surface area contributed by atoms with Gasteiger partial charge in [-0.3, -0.25) is 10.1 Å². The zero-order valence-electron chi connectivity index (χ0n) is 17.0. The Balaban J connectivity index is 2.06. The summed E-state index contributed by atoms with van der Waals surface area (Å²) in [6, 6.07) is 4.68. The van der Waals surface area contributed by atoms with E-state index in [2.05, 4.69) is 5.32 Å². The van der Waals surface area contributed by atoms with Crippen LogP contribution < -0.4 is 10.6 Å². The second-order valence-electron chi connectivity index (χ2n) is 7.41. The van der Waals surface area contributed by atoms with Gasteiger partial charge in [0, 0.05) is 20.1 Å². The average molecular weight is 426 g/mol. The number of esters is 1. The van der Waals surface area contributed by atoms with Gasteiger partial charge in [0.2, 0.25) is 10.0 Å². The van der Waals surface area contributed by atoms with Crippen molar-refractivity contribution in [2.75, 3.05) is 20.1 Å². The number of imide groups is 1. The van der Waals surface area contributed by atoms with E-state index < -0.39 is 34.0 Å².